The first-order chi connectivity index (χ1) is 6.65. The van der Waals surface area contributed by atoms with Crippen molar-refractivity contribution in [3.05, 3.63) is 34.9 Å². The van der Waals surface area contributed by atoms with Crippen molar-refractivity contribution >= 4 is 0 Å². The van der Waals surface area contributed by atoms with Crippen molar-refractivity contribution < 1.29 is 4.74 Å². The largest absolute Gasteiger partial charge is 0.373 e. The average molecular weight is 193 g/mol. The van der Waals surface area contributed by atoms with Crippen molar-refractivity contribution in [2.45, 2.75) is 26.9 Å². The van der Waals surface area contributed by atoms with Crippen molar-refractivity contribution in [3.63, 3.8) is 0 Å². The fourth-order valence-corrected chi connectivity index (χ4v) is 1.36. The number of rotatable bonds is 4. The zero-order valence-corrected chi connectivity index (χ0v) is 9.21. The highest BCUT2D eigenvalue weighted by atomic mass is 16.5. The van der Waals surface area contributed by atoms with E-state index in [2.05, 4.69) is 39.0 Å². The third-order valence-electron chi connectivity index (χ3n) is 2.49. The third kappa shape index (κ3) is 2.82. The minimum Gasteiger partial charge on any atom is -0.373 e. The number of hydrogen-bond acceptors (Lipinski definition) is 2. The molecule has 1 aromatic rings. The molecule has 2 nitrogen and oxygen atoms in total. The smallest absolute Gasteiger partial charge is 0.0797 e. The molecular weight excluding hydrogens is 174 g/mol. The predicted molar refractivity (Wildman–Crippen MR) is 59.3 cm³/mol. The van der Waals surface area contributed by atoms with Gasteiger partial charge in [0.1, 0.15) is 0 Å². The third-order valence-corrected chi connectivity index (χ3v) is 2.49. The predicted octanol–water partition coefficient (Wildman–Crippen LogP) is 2.34. The lowest BCUT2D eigenvalue weighted by Crippen LogP contribution is -2.11. The first-order valence-corrected chi connectivity index (χ1v) is 5.04. The lowest BCUT2D eigenvalue weighted by atomic mass is 10.0. The number of benzene rings is 1. The van der Waals surface area contributed by atoms with E-state index in [1.807, 2.05) is 0 Å². The van der Waals surface area contributed by atoms with E-state index in [1.165, 1.54) is 16.7 Å². The second kappa shape index (κ2) is 5.13. The molecule has 0 saturated carbocycles. The van der Waals surface area contributed by atoms with Crippen molar-refractivity contribution in [1.29, 1.82) is 0 Å². The van der Waals surface area contributed by atoms with E-state index >= 15 is 0 Å². The molecule has 0 heterocycles. The summed E-state index contributed by atoms with van der Waals surface area (Å²) in [5.74, 6) is 0. The van der Waals surface area contributed by atoms with Crippen LogP contribution in [0.2, 0.25) is 0 Å². The minimum absolute atomic E-state index is 0.137. The summed E-state index contributed by atoms with van der Waals surface area (Å²) in [5, 5.41) is 0. The monoisotopic (exact) mass is 193 g/mol. The van der Waals surface area contributed by atoms with Crippen LogP contribution in [0.1, 0.15) is 29.7 Å². The Bertz CT molecular complexity index is 296. The van der Waals surface area contributed by atoms with Crippen LogP contribution in [0.5, 0.6) is 0 Å². The highest BCUT2D eigenvalue weighted by molar-refractivity contribution is 5.30. The molecule has 0 fully saturated rings. The molecule has 2 heteroatoms. The van der Waals surface area contributed by atoms with Crippen LogP contribution in [0.25, 0.3) is 0 Å². The van der Waals surface area contributed by atoms with Gasteiger partial charge >= 0.3 is 0 Å². The summed E-state index contributed by atoms with van der Waals surface area (Å²) in [6.07, 6.45) is 0.137. The molecule has 0 saturated heterocycles. The fraction of sp³-hybridized carbons (Fsp3) is 0.500. The molecular formula is C12H19NO. The van der Waals surface area contributed by atoms with Crippen LogP contribution in [0.3, 0.4) is 0 Å². The number of hydrogen-bond donors (Lipinski definition) is 1. The van der Waals surface area contributed by atoms with Crippen LogP contribution in [-0.4, -0.2) is 13.2 Å². The van der Waals surface area contributed by atoms with Crippen LogP contribution >= 0.6 is 0 Å². The SMILES string of the molecule is Cc1ccc(C(C)OCCN)cc1C. The molecule has 0 amide bonds. The van der Waals surface area contributed by atoms with E-state index in [0.717, 1.165) is 0 Å². The Morgan fingerprint density at radius 3 is 2.57 bits per heavy atom. The molecule has 0 aliphatic carbocycles. The lowest BCUT2D eigenvalue weighted by Gasteiger charge is -2.14. The molecule has 0 bridgehead atoms. The summed E-state index contributed by atoms with van der Waals surface area (Å²) in [7, 11) is 0. The van der Waals surface area contributed by atoms with E-state index in [-0.39, 0.29) is 6.10 Å². The number of ether oxygens (including phenoxy) is 1. The van der Waals surface area contributed by atoms with Gasteiger partial charge in [-0.05, 0) is 37.5 Å². The van der Waals surface area contributed by atoms with E-state index in [0.29, 0.717) is 13.2 Å². The van der Waals surface area contributed by atoms with Gasteiger partial charge in [0, 0.05) is 6.54 Å². The van der Waals surface area contributed by atoms with Gasteiger partial charge in [-0.25, -0.2) is 0 Å². The second-order valence-electron chi connectivity index (χ2n) is 3.65. The Labute approximate surface area is 86.1 Å². The number of aryl methyl sites for hydroxylation is 2. The summed E-state index contributed by atoms with van der Waals surface area (Å²) in [4.78, 5) is 0. The minimum atomic E-state index is 0.137. The van der Waals surface area contributed by atoms with Gasteiger partial charge in [-0.3, -0.25) is 0 Å². The first-order valence-electron chi connectivity index (χ1n) is 5.04. The van der Waals surface area contributed by atoms with Gasteiger partial charge in [0.2, 0.25) is 0 Å². The second-order valence-corrected chi connectivity index (χ2v) is 3.65. The molecule has 0 aromatic heterocycles. The van der Waals surface area contributed by atoms with Gasteiger partial charge < -0.3 is 10.5 Å². The van der Waals surface area contributed by atoms with Gasteiger partial charge in [-0.1, -0.05) is 18.2 Å². The summed E-state index contributed by atoms with van der Waals surface area (Å²) < 4.78 is 5.55. The highest BCUT2D eigenvalue weighted by Crippen LogP contribution is 2.19. The molecule has 0 spiro atoms. The van der Waals surface area contributed by atoms with E-state index < -0.39 is 0 Å². The maximum atomic E-state index is 5.55. The maximum Gasteiger partial charge on any atom is 0.0797 e. The molecule has 1 unspecified atom stereocenters. The fourth-order valence-electron chi connectivity index (χ4n) is 1.36. The van der Waals surface area contributed by atoms with Crippen LogP contribution < -0.4 is 5.73 Å². The zero-order valence-electron chi connectivity index (χ0n) is 9.21. The first kappa shape index (κ1) is 11.2. The molecule has 78 valence electrons. The molecule has 1 aromatic carbocycles. The Kier molecular flexibility index (Phi) is 4.11. The summed E-state index contributed by atoms with van der Waals surface area (Å²) in [6, 6.07) is 6.42. The lowest BCUT2D eigenvalue weighted by molar-refractivity contribution is 0.0717. The summed E-state index contributed by atoms with van der Waals surface area (Å²) in [6.45, 7) is 7.49. The highest BCUT2D eigenvalue weighted by Gasteiger charge is 2.05. The van der Waals surface area contributed by atoms with E-state index in [1.54, 1.807) is 0 Å². The quantitative estimate of drug-likeness (QED) is 0.796. The van der Waals surface area contributed by atoms with Gasteiger partial charge in [-0.2, -0.15) is 0 Å². The van der Waals surface area contributed by atoms with Gasteiger partial charge in [0.05, 0.1) is 12.7 Å². The molecule has 0 aliphatic heterocycles. The number of nitrogens with two attached hydrogens (primary N) is 1. The van der Waals surface area contributed by atoms with E-state index in [4.69, 9.17) is 10.5 Å². The maximum absolute atomic E-state index is 5.55. The standard InChI is InChI=1S/C12H19NO/c1-9-4-5-12(8-10(9)2)11(3)14-7-6-13/h4-5,8,11H,6-7,13H2,1-3H3. The Morgan fingerprint density at radius 1 is 1.29 bits per heavy atom. The Hall–Kier alpha value is -0.860. The molecule has 1 rings (SSSR count). The van der Waals surface area contributed by atoms with Crippen LogP contribution in [0, 0.1) is 13.8 Å². The Morgan fingerprint density at radius 2 is 2.00 bits per heavy atom. The van der Waals surface area contributed by atoms with Crippen molar-refractivity contribution in [2.75, 3.05) is 13.2 Å². The summed E-state index contributed by atoms with van der Waals surface area (Å²) in [5.41, 5.74) is 9.24. The normalized spacial score (nSPS) is 12.9. The molecule has 0 aliphatic rings. The molecule has 2 N–H and O–H groups in total. The van der Waals surface area contributed by atoms with Crippen molar-refractivity contribution in [3.8, 4) is 0 Å². The van der Waals surface area contributed by atoms with Gasteiger partial charge in [0.15, 0.2) is 0 Å². The van der Waals surface area contributed by atoms with Crippen molar-refractivity contribution in [1.82, 2.24) is 0 Å². The van der Waals surface area contributed by atoms with Crippen LogP contribution in [0.4, 0.5) is 0 Å². The van der Waals surface area contributed by atoms with Crippen LogP contribution in [-0.2, 0) is 4.74 Å². The molecule has 0 radical (unpaired) electrons. The van der Waals surface area contributed by atoms with Gasteiger partial charge in [0.25, 0.3) is 0 Å². The topological polar surface area (TPSA) is 35.2 Å². The van der Waals surface area contributed by atoms with Crippen LogP contribution in [0.15, 0.2) is 18.2 Å². The van der Waals surface area contributed by atoms with Gasteiger partial charge in [-0.15, -0.1) is 0 Å². The Balaban J connectivity index is 2.70. The van der Waals surface area contributed by atoms with E-state index in [9.17, 15) is 0 Å². The van der Waals surface area contributed by atoms with Crippen molar-refractivity contribution in [2.24, 2.45) is 5.73 Å². The molecule has 14 heavy (non-hydrogen) atoms. The zero-order chi connectivity index (χ0) is 10.6. The average Bonchev–Trinajstić information content (AvgIpc) is 2.18. The summed E-state index contributed by atoms with van der Waals surface area (Å²) >= 11 is 0. The molecule has 1 atom stereocenters.